The van der Waals surface area contributed by atoms with Gasteiger partial charge in [-0.2, -0.15) is 11.3 Å². The molecule has 16 heavy (non-hydrogen) atoms. The second-order valence-corrected chi connectivity index (χ2v) is 5.06. The molecule has 0 aliphatic carbocycles. The Bertz CT molecular complexity index is 470. The van der Waals surface area contributed by atoms with E-state index in [4.69, 9.17) is 10.5 Å². The van der Waals surface area contributed by atoms with Crippen LogP contribution in [0.25, 0.3) is 0 Å². The topological polar surface area (TPSA) is 35.2 Å². The van der Waals surface area contributed by atoms with Gasteiger partial charge >= 0.3 is 0 Å². The van der Waals surface area contributed by atoms with Gasteiger partial charge in [0.1, 0.15) is 5.75 Å². The van der Waals surface area contributed by atoms with E-state index in [1.807, 2.05) is 29.6 Å². The van der Waals surface area contributed by atoms with Crippen LogP contribution in [-0.4, -0.2) is 7.11 Å². The number of nitrogens with two attached hydrogens (primary N) is 1. The molecule has 0 fully saturated rings. The molecule has 0 bridgehead atoms. The Kier molecular flexibility index (Phi) is 3.63. The molecule has 0 amide bonds. The van der Waals surface area contributed by atoms with E-state index >= 15 is 0 Å². The molecule has 0 unspecified atom stereocenters. The fraction of sp³-hybridized carbons (Fsp3) is 0.167. The van der Waals surface area contributed by atoms with Gasteiger partial charge < -0.3 is 10.5 Å². The normalized spacial score (nSPS) is 12.4. The SMILES string of the molecule is COc1ccc(Br)c([C@H](N)c2ccsc2)c1. The van der Waals surface area contributed by atoms with Crippen LogP contribution in [0.15, 0.2) is 39.5 Å². The van der Waals surface area contributed by atoms with E-state index in [0.29, 0.717) is 0 Å². The highest BCUT2D eigenvalue weighted by Crippen LogP contribution is 2.30. The van der Waals surface area contributed by atoms with Crippen LogP contribution in [0.4, 0.5) is 0 Å². The van der Waals surface area contributed by atoms with E-state index in [2.05, 4.69) is 21.3 Å². The van der Waals surface area contributed by atoms with Crippen molar-refractivity contribution in [2.75, 3.05) is 7.11 Å². The predicted octanol–water partition coefficient (Wildman–Crippen LogP) is 3.57. The standard InChI is InChI=1S/C12H12BrNOS/c1-15-9-2-3-11(13)10(6-9)12(14)8-4-5-16-7-8/h2-7,12H,14H2,1H3/t12-/m1/s1. The van der Waals surface area contributed by atoms with E-state index in [1.54, 1.807) is 18.4 Å². The molecule has 0 spiro atoms. The summed E-state index contributed by atoms with van der Waals surface area (Å²) in [5.41, 5.74) is 8.37. The number of rotatable bonds is 3. The summed E-state index contributed by atoms with van der Waals surface area (Å²) >= 11 is 5.17. The largest absolute Gasteiger partial charge is 0.497 e. The minimum atomic E-state index is -0.115. The molecule has 2 N–H and O–H groups in total. The molecule has 4 heteroatoms. The summed E-state index contributed by atoms with van der Waals surface area (Å²) in [6.45, 7) is 0. The van der Waals surface area contributed by atoms with Crippen LogP contribution in [0.5, 0.6) is 5.75 Å². The molecule has 1 aromatic heterocycles. The zero-order chi connectivity index (χ0) is 11.5. The summed E-state index contributed by atoms with van der Waals surface area (Å²) in [5, 5.41) is 4.10. The number of methoxy groups -OCH3 is 1. The van der Waals surface area contributed by atoms with E-state index in [9.17, 15) is 0 Å². The van der Waals surface area contributed by atoms with Crippen LogP contribution in [0, 0.1) is 0 Å². The number of hydrogen-bond donors (Lipinski definition) is 1. The maximum Gasteiger partial charge on any atom is 0.119 e. The monoisotopic (exact) mass is 297 g/mol. The minimum Gasteiger partial charge on any atom is -0.497 e. The zero-order valence-corrected chi connectivity index (χ0v) is 11.2. The van der Waals surface area contributed by atoms with Crippen molar-refractivity contribution in [2.45, 2.75) is 6.04 Å². The summed E-state index contributed by atoms with van der Waals surface area (Å²) in [7, 11) is 1.66. The van der Waals surface area contributed by atoms with Gasteiger partial charge in [0.2, 0.25) is 0 Å². The molecule has 1 aromatic carbocycles. The van der Waals surface area contributed by atoms with Crippen molar-refractivity contribution in [2.24, 2.45) is 5.73 Å². The molecule has 1 atom stereocenters. The number of thiophene rings is 1. The fourth-order valence-corrected chi connectivity index (χ4v) is 2.71. The van der Waals surface area contributed by atoms with Crippen molar-refractivity contribution < 1.29 is 4.74 Å². The fourth-order valence-electron chi connectivity index (χ4n) is 1.52. The molecule has 84 valence electrons. The number of benzene rings is 1. The maximum atomic E-state index is 6.21. The van der Waals surface area contributed by atoms with Crippen LogP contribution in [-0.2, 0) is 0 Å². The lowest BCUT2D eigenvalue weighted by Gasteiger charge is -2.13. The van der Waals surface area contributed by atoms with Gasteiger partial charge in [0.15, 0.2) is 0 Å². The minimum absolute atomic E-state index is 0.115. The third-order valence-corrected chi connectivity index (χ3v) is 3.86. The predicted molar refractivity (Wildman–Crippen MR) is 71.0 cm³/mol. The van der Waals surface area contributed by atoms with Crippen LogP contribution in [0.3, 0.4) is 0 Å². The second-order valence-electron chi connectivity index (χ2n) is 3.42. The van der Waals surface area contributed by atoms with Crippen LogP contribution < -0.4 is 10.5 Å². The van der Waals surface area contributed by atoms with E-state index in [-0.39, 0.29) is 6.04 Å². The average Bonchev–Trinajstić information content (AvgIpc) is 2.82. The second kappa shape index (κ2) is 4.99. The zero-order valence-electron chi connectivity index (χ0n) is 8.81. The molecule has 2 nitrogen and oxygen atoms in total. The molecule has 0 radical (unpaired) electrons. The van der Waals surface area contributed by atoms with Crippen molar-refractivity contribution in [1.29, 1.82) is 0 Å². The van der Waals surface area contributed by atoms with Gasteiger partial charge in [-0.3, -0.25) is 0 Å². The Balaban J connectivity index is 2.39. The van der Waals surface area contributed by atoms with Crippen molar-refractivity contribution >= 4 is 27.3 Å². The van der Waals surface area contributed by atoms with Crippen molar-refractivity contribution in [3.05, 3.63) is 50.6 Å². The Morgan fingerprint density at radius 3 is 2.81 bits per heavy atom. The van der Waals surface area contributed by atoms with Gasteiger partial charge in [0.25, 0.3) is 0 Å². The first-order chi connectivity index (χ1) is 7.72. The van der Waals surface area contributed by atoms with Gasteiger partial charge in [-0.05, 0) is 46.2 Å². The smallest absolute Gasteiger partial charge is 0.119 e. The molecule has 0 aliphatic rings. The number of halogens is 1. The maximum absolute atomic E-state index is 6.21. The molecule has 2 rings (SSSR count). The Morgan fingerprint density at radius 1 is 1.38 bits per heavy atom. The lowest BCUT2D eigenvalue weighted by atomic mass is 10.0. The highest BCUT2D eigenvalue weighted by molar-refractivity contribution is 9.10. The number of ether oxygens (including phenoxy) is 1. The molecule has 0 aliphatic heterocycles. The van der Waals surface area contributed by atoms with Crippen LogP contribution >= 0.6 is 27.3 Å². The van der Waals surface area contributed by atoms with Gasteiger partial charge in [-0.25, -0.2) is 0 Å². The van der Waals surface area contributed by atoms with Crippen LogP contribution in [0.2, 0.25) is 0 Å². The molecule has 1 heterocycles. The van der Waals surface area contributed by atoms with Crippen molar-refractivity contribution in [3.8, 4) is 5.75 Å². The quantitative estimate of drug-likeness (QED) is 0.940. The highest BCUT2D eigenvalue weighted by atomic mass is 79.9. The summed E-state index contributed by atoms with van der Waals surface area (Å²) in [4.78, 5) is 0. The van der Waals surface area contributed by atoms with E-state index in [0.717, 1.165) is 21.3 Å². The van der Waals surface area contributed by atoms with E-state index < -0.39 is 0 Å². The van der Waals surface area contributed by atoms with Crippen LogP contribution in [0.1, 0.15) is 17.2 Å². The average molecular weight is 298 g/mol. The van der Waals surface area contributed by atoms with E-state index in [1.165, 1.54) is 0 Å². The summed E-state index contributed by atoms with van der Waals surface area (Å²) in [5.74, 6) is 0.823. The van der Waals surface area contributed by atoms with Gasteiger partial charge in [-0.15, -0.1) is 0 Å². The third-order valence-electron chi connectivity index (χ3n) is 2.44. The Morgan fingerprint density at radius 2 is 2.19 bits per heavy atom. The summed E-state index contributed by atoms with van der Waals surface area (Å²) < 4.78 is 6.21. The molecular formula is C12H12BrNOS. The lowest BCUT2D eigenvalue weighted by Crippen LogP contribution is -2.11. The van der Waals surface area contributed by atoms with Crippen molar-refractivity contribution in [3.63, 3.8) is 0 Å². The molecular weight excluding hydrogens is 286 g/mol. The van der Waals surface area contributed by atoms with Gasteiger partial charge in [0, 0.05) is 4.47 Å². The first-order valence-corrected chi connectivity index (χ1v) is 6.57. The third kappa shape index (κ3) is 2.29. The summed E-state index contributed by atoms with van der Waals surface area (Å²) in [6.07, 6.45) is 0. The first-order valence-electron chi connectivity index (χ1n) is 4.83. The Labute approximate surface area is 107 Å². The molecule has 0 saturated heterocycles. The van der Waals surface area contributed by atoms with Gasteiger partial charge in [0.05, 0.1) is 13.2 Å². The van der Waals surface area contributed by atoms with Gasteiger partial charge in [-0.1, -0.05) is 15.9 Å². The van der Waals surface area contributed by atoms with Crippen molar-refractivity contribution in [1.82, 2.24) is 0 Å². The molecule has 2 aromatic rings. The number of hydrogen-bond acceptors (Lipinski definition) is 3. The lowest BCUT2D eigenvalue weighted by molar-refractivity contribution is 0.414. The molecule has 0 saturated carbocycles. The highest BCUT2D eigenvalue weighted by Gasteiger charge is 2.13. The Hall–Kier alpha value is -0.840. The first kappa shape index (κ1) is 11.6. The summed E-state index contributed by atoms with van der Waals surface area (Å²) in [6, 6.07) is 7.76.